The van der Waals surface area contributed by atoms with E-state index < -0.39 is 18.0 Å². The van der Waals surface area contributed by atoms with Crippen LogP contribution in [0.3, 0.4) is 0 Å². The third kappa shape index (κ3) is 6.10. The second-order valence-corrected chi connectivity index (χ2v) is 3.80. The summed E-state index contributed by atoms with van der Waals surface area (Å²) in [4.78, 5) is 22.3. The number of carbonyl (C=O) groups excluding carboxylic acids is 2. The molecular formula is C11H20O4. The summed E-state index contributed by atoms with van der Waals surface area (Å²) in [6.07, 6.45) is 1.02. The molecule has 88 valence electrons. The van der Waals surface area contributed by atoms with Gasteiger partial charge in [-0.1, -0.05) is 27.2 Å². The summed E-state index contributed by atoms with van der Waals surface area (Å²) in [6.45, 7) is 7.32. The van der Waals surface area contributed by atoms with Gasteiger partial charge in [0.05, 0.1) is 6.61 Å². The van der Waals surface area contributed by atoms with E-state index in [-0.39, 0.29) is 5.92 Å². The average Bonchev–Trinajstić information content (AvgIpc) is 2.13. The van der Waals surface area contributed by atoms with E-state index in [1.54, 1.807) is 0 Å². The van der Waals surface area contributed by atoms with Crippen molar-refractivity contribution in [3.8, 4) is 0 Å². The molecule has 15 heavy (non-hydrogen) atoms. The minimum atomic E-state index is -0.778. The molecule has 0 fully saturated rings. The van der Waals surface area contributed by atoms with Crippen molar-refractivity contribution >= 4 is 11.9 Å². The van der Waals surface area contributed by atoms with Gasteiger partial charge in [0.15, 0.2) is 0 Å². The fourth-order valence-corrected chi connectivity index (χ4v) is 1.03. The smallest absolute Gasteiger partial charge is 0.347 e. The van der Waals surface area contributed by atoms with Crippen LogP contribution in [0.25, 0.3) is 0 Å². The molecule has 0 aliphatic carbocycles. The summed E-state index contributed by atoms with van der Waals surface area (Å²) >= 11 is 0. The van der Waals surface area contributed by atoms with Crippen LogP contribution < -0.4 is 0 Å². The third-order valence-electron chi connectivity index (χ3n) is 1.87. The zero-order valence-electron chi connectivity index (χ0n) is 9.91. The number of unbranched alkanes of at least 4 members (excludes halogenated alkanes) is 1. The van der Waals surface area contributed by atoms with Gasteiger partial charge in [0.2, 0.25) is 6.10 Å². The summed E-state index contributed by atoms with van der Waals surface area (Å²) in [7, 11) is 0. The van der Waals surface area contributed by atoms with Crippen LogP contribution in [0, 0.1) is 5.92 Å². The Balaban J connectivity index is 4.11. The second kappa shape index (κ2) is 7.26. The third-order valence-corrected chi connectivity index (χ3v) is 1.87. The minimum absolute atomic E-state index is 0.0666. The molecule has 0 heterocycles. The number of carbonyl (C=O) groups is 2. The van der Waals surface area contributed by atoms with Crippen LogP contribution in [-0.2, 0) is 19.1 Å². The number of esters is 2. The summed E-state index contributed by atoms with van der Waals surface area (Å²) < 4.78 is 9.88. The van der Waals surface area contributed by atoms with Crippen LogP contribution in [0.5, 0.6) is 0 Å². The van der Waals surface area contributed by atoms with Crippen molar-refractivity contribution in [1.29, 1.82) is 0 Å². The number of hydrogen-bond acceptors (Lipinski definition) is 4. The predicted octanol–water partition coefficient (Wildman–Crippen LogP) is 1.92. The molecule has 0 rings (SSSR count). The Morgan fingerprint density at radius 2 is 1.87 bits per heavy atom. The fraction of sp³-hybridized carbons (Fsp3) is 0.818. The van der Waals surface area contributed by atoms with Crippen LogP contribution in [0.15, 0.2) is 0 Å². The van der Waals surface area contributed by atoms with Crippen molar-refractivity contribution in [2.45, 2.75) is 46.6 Å². The Hall–Kier alpha value is -1.06. The van der Waals surface area contributed by atoms with E-state index in [4.69, 9.17) is 9.47 Å². The van der Waals surface area contributed by atoms with Crippen LogP contribution in [0.4, 0.5) is 0 Å². The topological polar surface area (TPSA) is 52.6 Å². The zero-order valence-corrected chi connectivity index (χ0v) is 9.91. The number of rotatable bonds is 6. The van der Waals surface area contributed by atoms with Crippen LogP contribution in [0.2, 0.25) is 0 Å². The number of hydrogen-bond donors (Lipinski definition) is 0. The van der Waals surface area contributed by atoms with Gasteiger partial charge < -0.3 is 9.47 Å². The van der Waals surface area contributed by atoms with Crippen molar-refractivity contribution in [2.75, 3.05) is 6.61 Å². The molecule has 0 unspecified atom stereocenters. The highest BCUT2D eigenvalue weighted by molar-refractivity contribution is 5.78. The first-order chi connectivity index (χ1) is 6.99. The van der Waals surface area contributed by atoms with Crippen LogP contribution in [-0.4, -0.2) is 24.6 Å². The van der Waals surface area contributed by atoms with Gasteiger partial charge in [0.1, 0.15) is 0 Å². The molecule has 0 spiro atoms. The molecule has 0 aromatic heterocycles. The molecule has 0 aromatic carbocycles. The lowest BCUT2D eigenvalue weighted by atomic mass is 10.1. The van der Waals surface area contributed by atoms with E-state index in [1.165, 1.54) is 6.92 Å². The van der Waals surface area contributed by atoms with Crippen LogP contribution in [0.1, 0.15) is 40.5 Å². The van der Waals surface area contributed by atoms with Gasteiger partial charge in [-0.3, -0.25) is 4.79 Å². The van der Waals surface area contributed by atoms with Crippen molar-refractivity contribution in [3.63, 3.8) is 0 Å². The predicted molar refractivity (Wildman–Crippen MR) is 56.3 cm³/mol. The molecule has 4 heteroatoms. The van der Waals surface area contributed by atoms with Gasteiger partial charge in [0, 0.05) is 12.8 Å². The van der Waals surface area contributed by atoms with E-state index in [1.807, 2.05) is 20.8 Å². The van der Waals surface area contributed by atoms with Crippen molar-refractivity contribution < 1.29 is 19.1 Å². The molecule has 0 saturated carbocycles. The van der Waals surface area contributed by atoms with E-state index in [2.05, 4.69) is 0 Å². The first kappa shape index (κ1) is 13.9. The average molecular weight is 216 g/mol. The fourth-order valence-electron chi connectivity index (χ4n) is 1.03. The summed E-state index contributed by atoms with van der Waals surface area (Å²) in [6, 6.07) is 0. The van der Waals surface area contributed by atoms with E-state index >= 15 is 0 Å². The van der Waals surface area contributed by atoms with E-state index in [9.17, 15) is 9.59 Å². The first-order valence-corrected chi connectivity index (χ1v) is 5.32. The molecule has 4 nitrogen and oxygen atoms in total. The maximum atomic E-state index is 11.5. The van der Waals surface area contributed by atoms with E-state index in [0.29, 0.717) is 6.61 Å². The molecule has 0 radical (unpaired) electrons. The minimum Gasteiger partial charge on any atom is -0.463 e. The molecule has 0 N–H and O–H groups in total. The monoisotopic (exact) mass is 216 g/mol. The van der Waals surface area contributed by atoms with Crippen molar-refractivity contribution in [2.24, 2.45) is 5.92 Å². The van der Waals surface area contributed by atoms with Gasteiger partial charge in [0.25, 0.3) is 0 Å². The Morgan fingerprint density at radius 1 is 1.27 bits per heavy atom. The lowest BCUT2D eigenvalue weighted by Gasteiger charge is -2.18. The highest BCUT2D eigenvalue weighted by Crippen LogP contribution is 2.09. The Morgan fingerprint density at radius 3 is 2.27 bits per heavy atom. The molecule has 0 aliphatic rings. The number of ether oxygens (including phenoxy) is 2. The van der Waals surface area contributed by atoms with E-state index in [0.717, 1.165) is 12.8 Å². The van der Waals surface area contributed by atoms with Gasteiger partial charge in [-0.2, -0.15) is 0 Å². The molecule has 0 aromatic rings. The second-order valence-electron chi connectivity index (χ2n) is 3.80. The lowest BCUT2D eigenvalue weighted by Crippen LogP contribution is -2.33. The maximum Gasteiger partial charge on any atom is 0.347 e. The maximum absolute atomic E-state index is 11.5. The van der Waals surface area contributed by atoms with Gasteiger partial charge >= 0.3 is 11.9 Å². The molecule has 0 saturated heterocycles. The SMILES string of the molecule is CCCCOC(=O)[C@@H](OC(C)=O)C(C)C. The van der Waals surface area contributed by atoms with Gasteiger partial charge in [-0.15, -0.1) is 0 Å². The zero-order chi connectivity index (χ0) is 11.8. The van der Waals surface area contributed by atoms with Crippen molar-refractivity contribution in [1.82, 2.24) is 0 Å². The Labute approximate surface area is 90.9 Å². The normalized spacial score (nSPS) is 12.3. The molecule has 0 amide bonds. The first-order valence-electron chi connectivity index (χ1n) is 5.32. The Kier molecular flexibility index (Phi) is 6.75. The van der Waals surface area contributed by atoms with Gasteiger partial charge in [-0.25, -0.2) is 4.79 Å². The lowest BCUT2D eigenvalue weighted by molar-refractivity contribution is -0.169. The Bertz CT molecular complexity index is 211. The van der Waals surface area contributed by atoms with Crippen LogP contribution >= 0.6 is 0 Å². The van der Waals surface area contributed by atoms with Crippen molar-refractivity contribution in [3.05, 3.63) is 0 Å². The molecular weight excluding hydrogens is 196 g/mol. The summed E-state index contributed by atoms with van der Waals surface area (Å²) in [5.74, 6) is -0.974. The summed E-state index contributed by atoms with van der Waals surface area (Å²) in [5.41, 5.74) is 0. The molecule has 0 bridgehead atoms. The molecule has 1 atom stereocenters. The highest BCUT2D eigenvalue weighted by atomic mass is 16.6. The summed E-state index contributed by atoms with van der Waals surface area (Å²) in [5, 5.41) is 0. The standard InChI is InChI=1S/C11H20O4/c1-5-6-7-14-11(13)10(8(2)3)15-9(4)12/h8,10H,5-7H2,1-4H3/t10-/m0/s1. The van der Waals surface area contributed by atoms with Gasteiger partial charge in [-0.05, 0) is 6.42 Å². The molecule has 0 aliphatic heterocycles. The largest absolute Gasteiger partial charge is 0.463 e. The quantitative estimate of drug-likeness (QED) is 0.503. The highest BCUT2D eigenvalue weighted by Gasteiger charge is 2.26.